The first-order chi connectivity index (χ1) is 8.13. The summed E-state index contributed by atoms with van der Waals surface area (Å²) >= 11 is 0. The second-order valence-corrected chi connectivity index (χ2v) is 6.16. The Kier molecular flexibility index (Phi) is 4.08. The molecular weight excluding hydrogens is 214 g/mol. The van der Waals surface area contributed by atoms with Gasteiger partial charge in [0.15, 0.2) is 0 Å². The fraction of sp³-hybridized carbons (Fsp3) is 0.929. The largest absolute Gasteiger partial charge is 0.394 e. The van der Waals surface area contributed by atoms with Gasteiger partial charge >= 0.3 is 0 Å². The number of aliphatic hydroxyl groups is 1. The van der Waals surface area contributed by atoms with Crippen LogP contribution in [0.3, 0.4) is 0 Å². The lowest BCUT2D eigenvalue weighted by molar-refractivity contribution is -0.124. The number of carbonyl (C=O) groups excluding carboxylic acids is 1. The first-order valence-electron chi connectivity index (χ1n) is 7.04. The van der Waals surface area contributed by atoms with Crippen LogP contribution in [0.25, 0.3) is 0 Å². The maximum atomic E-state index is 12.1. The van der Waals surface area contributed by atoms with Gasteiger partial charge in [-0.05, 0) is 37.0 Å². The molecule has 3 nitrogen and oxygen atoms in total. The minimum Gasteiger partial charge on any atom is -0.394 e. The van der Waals surface area contributed by atoms with Gasteiger partial charge in [-0.25, -0.2) is 0 Å². The Balaban J connectivity index is 1.80. The van der Waals surface area contributed by atoms with Crippen LogP contribution in [-0.4, -0.2) is 23.7 Å². The molecule has 2 N–H and O–H groups in total. The molecular formula is C14H25NO2. The molecule has 3 heteroatoms. The van der Waals surface area contributed by atoms with Gasteiger partial charge < -0.3 is 10.4 Å². The predicted molar refractivity (Wildman–Crippen MR) is 67.4 cm³/mol. The summed E-state index contributed by atoms with van der Waals surface area (Å²) in [6.07, 6.45) is 5.92. The molecule has 2 aliphatic carbocycles. The number of amides is 1. The van der Waals surface area contributed by atoms with E-state index in [9.17, 15) is 9.90 Å². The fourth-order valence-electron chi connectivity index (χ4n) is 3.43. The minimum atomic E-state index is -0.0508. The summed E-state index contributed by atoms with van der Waals surface area (Å²) < 4.78 is 0. The molecule has 3 unspecified atom stereocenters. The molecule has 0 bridgehead atoms. The van der Waals surface area contributed by atoms with Gasteiger partial charge in [0.1, 0.15) is 0 Å². The summed E-state index contributed by atoms with van der Waals surface area (Å²) in [7, 11) is 0. The zero-order chi connectivity index (χ0) is 12.4. The Morgan fingerprint density at radius 1 is 1.29 bits per heavy atom. The summed E-state index contributed by atoms with van der Waals surface area (Å²) in [6.45, 7) is 4.30. The normalized spacial score (nSPS) is 33.1. The third-order valence-electron chi connectivity index (χ3n) is 4.28. The summed E-state index contributed by atoms with van der Waals surface area (Å²) in [5.74, 6) is 2.28. The molecule has 0 aromatic rings. The highest BCUT2D eigenvalue weighted by Crippen LogP contribution is 2.55. The quantitative estimate of drug-likeness (QED) is 0.770. The highest BCUT2D eigenvalue weighted by atomic mass is 16.3. The van der Waals surface area contributed by atoms with Gasteiger partial charge in [-0.2, -0.15) is 0 Å². The van der Waals surface area contributed by atoms with E-state index in [1.54, 1.807) is 0 Å². The summed E-state index contributed by atoms with van der Waals surface area (Å²) in [5, 5.41) is 12.3. The lowest BCUT2D eigenvalue weighted by Gasteiger charge is -2.18. The van der Waals surface area contributed by atoms with Crippen molar-refractivity contribution in [2.75, 3.05) is 6.61 Å². The van der Waals surface area contributed by atoms with Crippen LogP contribution in [0.15, 0.2) is 0 Å². The third-order valence-corrected chi connectivity index (χ3v) is 4.28. The molecule has 1 amide bonds. The van der Waals surface area contributed by atoms with Crippen molar-refractivity contribution in [3.63, 3.8) is 0 Å². The third kappa shape index (κ3) is 3.01. The van der Waals surface area contributed by atoms with E-state index >= 15 is 0 Å². The van der Waals surface area contributed by atoms with Gasteiger partial charge in [0.25, 0.3) is 0 Å². The zero-order valence-corrected chi connectivity index (χ0v) is 11.0. The van der Waals surface area contributed by atoms with Gasteiger partial charge in [0.05, 0.1) is 12.6 Å². The van der Waals surface area contributed by atoms with E-state index in [0.717, 1.165) is 6.42 Å². The number of hydrogen-bond acceptors (Lipinski definition) is 2. The highest BCUT2D eigenvalue weighted by molar-refractivity contribution is 5.82. The molecule has 0 heterocycles. The van der Waals surface area contributed by atoms with Crippen LogP contribution < -0.4 is 5.32 Å². The molecule has 0 aromatic heterocycles. The molecule has 3 atom stereocenters. The van der Waals surface area contributed by atoms with Crippen LogP contribution in [0, 0.1) is 23.7 Å². The number of aliphatic hydroxyl groups excluding tert-OH is 1. The Labute approximate surface area is 104 Å². The van der Waals surface area contributed by atoms with Crippen LogP contribution in [0.4, 0.5) is 0 Å². The van der Waals surface area contributed by atoms with Crippen molar-refractivity contribution in [3.05, 3.63) is 0 Å². The number of rotatable bonds is 5. The van der Waals surface area contributed by atoms with E-state index in [1.807, 2.05) is 0 Å². The average molecular weight is 239 g/mol. The van der Waals surface area contributed by atoms with Gasteiger partial charge in [-0.15, -0.1) is 0 Å². The molecule has 0 saturated heterocycles. The van der Waals surface area contributed by atoms with Gasteiger partial charge in [-0.3, -0.25) is 4.79 Å². The second-order valence-electron chi connectivity index (χ2n) is 6.16. The molecule has 17 heavy (non-hydrogen) atoms. The minimum absolute atomic E-state index is 0.0508. The van der Waals surface area contributed by atoms with Gasteiger partial charge in [-0.1, -0.05) is 26.7 Å². The van der Waals surface area contributed by atoms with Crippen LogP contribution in [0.2, 0.25) is 0 Å². The van der Waals surface area contributed by atoms with Crippen LogP contribution in [-0.2, 0) is 4.79 Å². The number of nitrogens with one attached hydrogen (secondary N) is 1. The first-order valence-corrected chi connectivity index (χ1v) is 7.04. The highest BCUT2D eigenvalue weighted by Gasteiger charge is 2.54. The van der Waals surface area contributed by atoms with Gasteiger partial charge in [0, 0.05) is 5.92 Å². The van der Waals surface area contributed by atoms with Crippen molar-refractivity contribution in [2.45, 2.75) is 52.0 Å². The summed E-state index contributed by atoms with van der Waals surface area (Å²) in [6, 6.07) is -0.0508. The van der Waals surface area contributed by atoms with E-state index in [1.165, 1.54) is 25.7 Å². The predicted octanol–water partition coefficient (Wildman–Crippen LogP) is 1.95. The SMILES string of the molecule is CC(C)CC(CO)NC(=O)C1C2CCCCC21. The van der Waals surface area contributed by atoms with E-state index in [2.05, 4.69) is 19.2 Å². The monoisotopic (exact) mass is 239 g/mol. The second kappa shape index (κ2) is 5.38. The molecule has 98 valence electrons. The lowest BCUT2D eigenvalue weighted by atomic mass is 10.0. The Morgan fingerprint density at radius 3 is 2.35 bits per heavy atom. The van der Waals surface area contributed by atoms with E-state index < -0.39 is 0 Å². The zero-order valence-electron chi connectivity index (χ0n) is 11.0. The lowest BCUT2D eigenvalue weighted by Crippen LogP contribution is -2.39. The Bertz CT molecular complexity index is 265. The summed E-state index contributed by atoms with van der Waals surface area (Å²) in [4.78, 5) is 12.1. The standard InChI is InChI=1S/C14H25NO2/c1-9(2)7-10(8-16)15-14(17)13-11-5-3-4-6-12(11)13/h9-13,16H,3-8H2,1-2H3,(H,15,17). The molecule has 2 saturated carbocycles. The number of carbonyl (C=O) groups is 1. The molecule has 2 fully saturated rings. The van der Waals surface area contributed by atoms with Crippen LogP contribution in [0.1, 0.15) is 46.0 Å². The van der Waals surface area contributed by atoms with E-state index in [-0.39, 0.29) is 24.5 Å². The number of fused-ring (bicyclic) bond motifs is 1. The van der Waals surface area contributed by atoms with E-state index in [4.69, 9.17) is 0 Å². The maximum absolute atomic E-state index is 12.1. The van der Waals surface area contributed by atoms with Gasteiger partial charge in [0.2, 0.25) is 5.91 Å². The molecule has 0 radical (unpaired) electrons. The van der Waals surface area contributed by atoms with E-state index in [0.29, 0.717) is 17.8 Å². The average Bonchev–Trinajstić information content (AvgIpc) is 3.01. The van der Waals surface area contributed by atoms with Crippen molar-refractivity contribution in [1.82, 2.24) is 5.32 Å². The van der Waals surface area contributed by atoms with Crippen LogP contribution >= 0.6 is 0 Å². The van der Waals surface area contributed by atoms with Crippen molar-refractivity contribution < 1.29 is 9.90 Å². The maximum Gasteiger partial charge on any atom is 0.223 e. The summed E-state index contributed by atoms with van der Waals surface area (Å²) in [5.41, 5.74) is 0. The van der Waals surface area contributed by atoms with Crippen molar-refractivity contribution in [1.29, 1.82) is 0 Å². The topological polar surface area (TPSA) is 49.3 Å². The fourth-order valence-corrected chi connectivity index (χ4v) is 3.43. The smallest absolute Gasteiger partial charge is 0.223 e. The Hall–Kier alpha value is -0.570. The Morgan fingerprint density at radius 2 is 1.88 bits per heavy atom. The molecule has 2 rings (SSSR count). The van der Waals surface area contributed by atoms with Crippen molar-refractivity contribution in [3.8, 4) is 0 Å². The first kappa shape index (κ1) is 12.9. The van der Waals surface area contributed by atoms with Crippen LogP contribution in [0.5, 0.6) is 0 Å². The molecule has 0 aromatic carbocycles. The van der Waals surface area contributed by atoms with Crippen molar-refractivity contribution in [2.24, 2.45) is 23.7 Å². The van der Waals surface area contributed by atoms with Crippen molar-refractivity contribution >= 4 is 5.91 Å². The molecule has 2 aliphatic rings. The molecule has 0 spiro atoms. The molecule has 0 aliphatic heterocycles. The number of hydrogen-bond donors (Lipinski definition) is 2.